The van der Waals surface area contributed by atoms with Crippen molar-refractivity contribution in [1.82, 2.24) is 4.90 Å². The van der Waals surface area contributed by atoms with Crippen LogP contribution in [-0.2, 0) is 11.2 Å². The first-order chi connectivity index (χ1) is 12.2. The Kier molecular flexibility index (Phi) is 6.60. The van der Waals surface area contributed by atoms with Crippen molar-refractivity contribution in [2.45, 2.75) is 57.6 Å². The highest BCUT2D eigenvalue weighted by atomic mass is 16.5. The van der Waals surface area contributed by atoms with Gasteiger partial charge in [-0.05, 0) is 55.8 Å². The summed E-state index contributed by atoms with van der Waals surface area (Å²) in [7, 11) is 3.35. The van der Waals surface area contributed by atoms with Crippen LogP contribution in [0.25, 0.3) is 0 Å². The summed E-state index contributed by atoms with van der Waals surface area (Å²) in [5.74, 6) is 2.42. The van der Waals surface area contributed by atoms with Crippen LogP contribution in [0.5, 0.6) is 11.5 Å². The summed E-state index contributed by atoms with van der Waals surface area (Å²) in [6, 6.07) is 6.76. The lowest BCUT2D eigenvalue weighted by Crippen LogP contribution is -2.45. The zero-order valence-corrected chi connectivity index (χ0v) is 16.0. The number of methoxy groups -OCH3 is 2. The number of hydrogen-bond acceptors (Lipinski definition) is 4. The quantitative estimate of drug-likeness (QED) is 0.748. The molecular formula is C21H33NO3. The summed E-state index contributed by atoms with van der Waals surface area (Å²) in [4.78, 5) is 2.69. The molecule has 1 saturated carbocycles. The van der Waals surface area contributed by atoms with Crippen molar-refractivity contribution in [2.24, 2.45) is 5.92 Å². The molecule has 2 fully saturated rings. The van der Waals surface area contributed by atoms with Gasteiger partial charge in [0.2, 0.25) is 0 Å². The van der Waals surface area contributed by atoms with Gasteiger partial charge in [-0.1, -0.05) is 25.8 Å². The smallest absolute Gasteiger partial charge is 0.160 e. The first kappa shape index (κ1) is 18.5. The lowest BCUT2D eigenvalue weighted by atomic mass is 9.91. The Morgan fingerprint density at radius 1 is 1.04 bits per heavy atom. The Hall–Kier alpha value is -1.26. The van der Waals surface area contributed by atoms with E-state index in [1.165, 1.54) is 50.8 Å². The van der Waals surface area contributed by atoms with Crippen molar-refractivity contribution < 1.29 is 14.2 Å². The number of benzene rings is 1. The fourth-order valence-corrected chi connectivity index (χ4v) is 4.32. The highest BCUT2D eigenvalue weighted by Gasteiger charge is 2.33. The van der Waals surface area contributed by atoms with Crippen LogP contribution < -0.4 is 9.47 Å². The molecule has 25 heavy (non-hydrogen) atoms. The highest BCUT2D eigenvalue weighted by molar-refractivity contribution is 5.42. The SMILES string of the molecule is COc1ccc(CCO[C@H]2CCCCC2N2CCC(C)C2)cc1OC. The predicted molar refractivity (Wildman–Crippen MR) is 101 cm³/mol. The standard InChI is InChI=1S/C21H33NO3/c1-16-10-12-22(15-16)18-6-4-5-7-19(18)25-13-11-17-8-9-20(23-2)21(14-17)24-3/h8-9,14,16,18-19H,4-7,10-13,15H2,1-3H3/t16?,18?,19-/m0/s1. The second-order valence-electron chi connectivity index (χ2n) is 7.59. The molecule has 2 aliphatic rings. The largest absolute Gasteiger partial charge is 0.493 e. The molecule has 140 valence electrons. The predicted octanol–water partition coefficient (Wildman–Crippen LogP) is 3.92. The summed E-state index contributed by atoms with van der Waals surface area (Å²) in [5, 5.41) is 0. The van der Waals surface area contributed by atoms with Crippen molar-refractivity contribution in [3.63, 3.8) is 0 Å². The molecule has 3 rings (SSSR count). The van der Waals surface area contributed by atoms with E-state index < -0.39 is 0 Å². The average molecular weight is 347 g/mol. The zero-order chi connectivity index (χ0) is 17.6. The van der Waals surface area contributed by atoms with Gasteiger partial charge in [-0.3, -0.25) is 4.90 Å². The van der Waals surface area contributed by atoms with Crippen LogP contribution in [0.4, 0.5) is 0 Å². The van der Waals surface area contributed by atoms with Gasteiger partial charge in [0.25, 0.3) is 0 Å². The summed E-state index contributed by atoms with van der Waals surface area (Å²) in [5.41, 5.74) is 1.24. The molecule has 1 aliphatic heterocycles. The molecule has 1 saturated heterocycles. The van der Waals surface area contributed by atoms with Crippen molar-refractivity contribution >= 4 is 0 Å². The van der Waals surface area contributed by atoms with E-state index in [1.54, 1.807) is 14.2 Å². The normalized spacial score (nSPS) is 27.4. The van der Waals surface area contributed by atoms with Gasteiger partial charge in [0.1, 0.15) is 0 Å². The molecule has 1 aromatic carbocycles. The van der Waals surface area contributed by atoms with Crippen LogP contribution in [0.1, 0.15) is 44.6 Å². The van der Waals surface area contributed by atoms with E-state index in [4.69, 9.17) is 14.2 Å². The fourth-order valence-electron chi connectivity index (χ4n) is 4.32. The maximum atomic E-state index is 6.36. The van der Waals surface area contributed by atoms with Crippen LogP contribution in [0.15, 0.2) is 18.2 Å². The second kappa shape index (κ2) is 8.91. The topological polar surface area (TPSA) is 30.9 Å². The molecule has 0 amide bonds. The van der Waals surface area contributed by atoms with Crippen molar-refractivity contribution in [2.75, 3.05) is 33.9 Å². The Morgan fingerprint density at radius 3 is 2.56 bits per heavy atom. The molecule has 0 N–H and O–H groups in total. The minimum absolute atomic E-state index is 0.402. The van der Waals surface area contributed by atoms with E-state index in [9.17, 15) is 0 Å². The molecule has 4 nitrogen and oxygen atoms in total. The maximum absolute atomic E-state index is 6.36. The third-order valence-electron chi connectivity index (χ3n) is 5.76. The number of ether oxygens (including phenoxy) is 3. The number of hydrogen-bond donors (Lipinski definition) is 0. The van der Waals surface area contributed by atoms with Gasteiger partial charge >= 0.3 is 0 Å². The first-order valence-electron chi connectivity index (χ1n) is 9.78. The molecule has 1 heterocycles. The van der Waals surface area contributed by atoms with E-state index in [0.29, 0.717) is 12.1 Å². The number of nitrogens with zero attached hydrogens (tertiary/aromatic N) is 1. The van der Waals surface area contributed by atoms with Crippen LogP contribution >= 0.6 is 0 Å². The van der Waals surface area contributed by atoms with E-state index in [0.717, 1.165) is 30.4 Å². The molecule has 0 spiro atoms. The fraction of sp³-hybridized carbons (Fsp3) is 0.714. The molecule has 1 aromatic rings. The molecule has 0 aromatic heterocycles. The monoisotopic (exact) mass is 347 g/mol. The van der Waals surface area contributed by atoms with E-state index in [-0.39, 0.29) is 0 Å². The lowest BCUT2D eigenvalue weighted by Gasteiger charge is -2.38. The minimum Gasteiger partial charge on any atom is -0.493 e. The third kappa shape index (κ3) is 4.68. The third-order valence-corrected chi connectivity index (χ3v) is 5.76. The minimum atomic E-state index is 0.402. The number of rotatable bonds is 7. The van der Waals surface area contributed by atoms with Crippen molar-refractivity contribution in [3.8, 4) is 11.5 Å². The lowest BCUT2D eigenvalue weighted by molar-refractivity contribution is -0.0298. The Bertz CT molecular complexity index is 548. The summed E-state index contributed by atoms with van der Waals surface area (Å²) in [6.07, 6.45) is 7.83. The summed E-state index contributed by atoms with van der Waals surface area (Å²) in [6.45, 7) is 5.65. The first-order valence-corrected chi connectivity index (χ1v) is 9.78. The van der Waals surface area contributed by atoms with E-state index in [2.05, 4.69) is 24.0 Å². The van der Waals surface area contributed by atoms with Gasteiger partial charge in [0, 0.05) is 12.6 Å². The molecule has 0 bridgehead atoms. The molecule has 0 radical (unpaired) electrons. The average Bonchev–Trinajstić information content (AvgIpc) is 3.08. The molecular weight excluding hydrogens is 314 g/mol. The van der Waals surface area contributed by atoms with Gasteiger partial charge < -0.3 is 14.2 Å². The summed E-state index contributed by atoms with van der Waals surface area (Å²) < 4.78 is 17.1. The van der Waals surface area contributed by atoms with Crippen molar-refractivity contribution in [3.05, 3.63) is 23.8 Å². The number of likely N-dealkylation sites (tertiary alicyclic amines) is 1. The summed E-state index contributed by atoms with van der Waals surface area (Å²) >= 11 is 0. The maximum Gasteiger partial charge on any atom is 0.160 e. The van der Waals surface area contributed by atoms with Gasteiger partial charge in [0.05, 0.1) is 26.9 Å². The Morgan fingerprint density at radius 2 is 1.84 bits per heavy atom. The molecule has 1 aliphatic carbocycles. The molecule has 4 heteroatoms. The molecule has 2 unspecified atom stereocenters. The van der Waals surface area contributed by atoms with Gasteiger partial charge in [-0.2, -0.15) is 0 Å². The van der Waals surface area contributed by atoms with Crippen LogP contribution in [0, 0.1) is 5.92 Å². The van der Waals surface area contributed by atoms with E-state index in [1.807, 2.05) is 6.07 Å². The highest BCUT2D eigenvalue weighted by Crippen LogP contribution is 2.30. The van der Waals surface area contributed by atoms with Crippen LogP contribution in [0.2, 0.25) is 0 Å². The van der Waals surface area contributed by atoms with Gasteiger partial charge in [-0.25, -0.2) is 0 Å². The second-order valence-corrected chi connectivity index (χ2v) is 7.59. The Labute approximate surface area is 152 Å². The van der Waals surface area contributed by atoms with Gasteiger partial charge in [-0.15, -0.1) is 0 Å². The van der Waals surface area contributed by atoms with E-state index >= 15 is 0 Å². The van der Waals surface area contributed by atoms with Crippen LogP contribution in [-0.4, -0.2) is 51.0 Å². The zero-order valence-electron chi connectivity index (χ0n) is 16.0. The van der Waals surface area contributed by atoms with Crippen LogP contribution in [0.3, 0.4) is 0 Å². The van der Waals surface area contributed by atoms with Crippen molar-refractivity contribution in [1.29, 1.82) is 0 Å². The molecule has 3 atom stereocenters. The Balaban J connectivity index is 1.53. The van der Waals surface area contributed by atoms with Gasteiger partial charge in [0.15, 0.2) is 11.5 Å².